The quantitative estimate of drug-likeness (QED) is 0.438. The molecule has 3 heterocycles. The molecular formula is C23H18FN7O2. The standard InChI is InChI=1S/C23H18FN7O2/c1-14-8-11-21(33-14)22-18(13-30(27-22)17-6-4-3-5-7-17)23(32)25-16-9-10-19(24)20(12-16)31-15(2)26-28-29-31/h3-13H,1-2H3,(H,25,32). The molecule has 0 spiro atoms. The number of nitrogens with one attached hydrogen (secondary N) is 1. The number of amides is 1. The molecule has 0 unspecified atom stereocenters. The van der Waals surface area contributed by atoms with Gasteiger partial charge in [0.05, 0.1) is 11.3 Å². The summed E-state index contributed by atoms with van der Waals surface area (Å²) in [5, 5.41) is 18.5. The van der Waals surface area contributed by atoms with Gasteiger partial charge in [-0.3, -0.25) is 4.79 Å². The van der Waals surface area contributed by atoms with Gasteiger partial charge in [0.1, 0.15) is 23.0 Å². The lowest BCUT2D eigenvalue weighted by molar-refractivity contribution is 0.102. The Morgan fingerprint density at radius 2 is 1.88 bits per heavy atom. The Labute approximate surface area is 187 Å². The fourth-order valence-electron chi connectivity index (χ4n) is 3.40. The summed E-state index contributed by atoms with van der Waals surface area (Å²) in [5.41, 5.74) is 1.98. The number of carbonyl (C=O) groups excluding carboxylic acids is 1. The maximum atomic E-state index is 14.4. The predicted molar refractivity (Wildman–Crippen MR) is 118 cm³/mol. The average Bonchev–Trinajstić information content (AvgIpc) is 3.55. The third-order valence-corrected chi connectivity index (χ3v) is 5.01. The zero-order chi connectivity index (χ0) is 22.9. The third kappa shape index (κ3) is 3.89. The Balaban J connectivity index is 1.52. The van der Waals surface area contributed by atoms with Gasteiger partial charge in [-0.2, -0.15) is 9.78 Å². The first kappa shape index (κ1) is 20.3. The Bertz CT molecular complexity index is 1450. The number of hydrogen-bond donors (Lipinski definition) is 1. The number of anilines is 1. The number of tetrazole rings is 1. The summed E-state index contributed by atoms with van der Waals surface area (Å²) in [5.74, 6) is 0.637. The van der Waals surface area contributed by atoms with E-state index in [2.05, 4.69) is 25.9 Å². The second kappa shape index (κ2) is 8.15. The number of rotatable bonds is 5. The first-order valence-corrected chi connectivity index (χ1v) is 10.1. The molecule has 0 saturated heterocycles. The monoisotopic (exact) mass is 443 g/mol. The van der Waals surface area contributed by atoms with Crippen molar-refractivity contribution >= 4 is 11.6 Å². The second-order valence-corrected chi connectivity index (χ2v) is 7.34. The van der Waals surface area contributed by atoms with Crippen LogP contribution in [0.25, 0.3) is 22.8 Å². The van der Waals surface area contributed by atoms with Gasteiger partial charge in [0.25, 0.3) is 5.91 Å². The van der Waals surface area contributed by atoms with Gasteiger partial charge < -0.3 is 9.73 Å². The molecule has 0 aliphatic rings. The van der Waals surface area contributed by atoms with Crippen LogP contribution in [0.1, 0.15) is 21.9 Å². The molecule has 3 aromatic heterocycles. The summed E-state index contributed by atoms with van der Waals surface area (Å²) < 4.78 is 23.0. The lowest BCUT2D eigenvalue weighted by Gasteiger charge is -2.08. The van der Waals surface area contributed by atoms with E-state index in [1.165, 1.54) is 22.9 Å². The fourth-order valence-corrected chi connectivity index (χ4v) is 3.40. The Kier molecular flexibility index (Phi) is 5.02. The molecular weight excluding hydrogens is 425 g/mol. The molecule has 5 aromatic rings. The van der Waals surface area contributed by atoms with Crippen LogP contribution in [0.3, 0.4) is 0 Å². The van der Waals surface area contributed by atoms with E-state index in [1.807, 2.05) is 37.3 Å². The molecule has 0 saturated carbocycles. The minimum Gasteiger partial charge on any atom is -0.460 e. The molecule has 0 radical (unpaired) electrons. The van der Waals surface area contributed by atoms with Crippen molar-refractivity contribution in [2.24, 2.45) is 0 Å². The summed E-state index contributed by atoms with van der Waals surface area (Å²) in [4.78, 5) is 13.3. The Hall–Kier alpha value is -4.60. The molecule has 164 valence electrons. The summed E-state index contributed by atoms with van der Waals surface area (Å²) >= 11 is 0. The highest BCUT2D eigenvalue weighted by Gasteiger charge is 2.22. The molecule has 2 aromatic carbocycles. The van der Waals surface area contributed by atoms with Crippen molar-refractivity contribution in [3.8, 4) is 22.8 Å². The number of hydrogen-bond acceptors (Lipinski definition) is 6. The van der Waals surface area contributed by atoms with Crippen LogP contribution in [0.2, 0.25) is 0 Å². The molecule has 0 fully saturated rings. The topological polar surface area (TPSA) is 104 Å². The number of benzene rings is 2. The first-order chi connectivity index (χ1) is 16.0. The molecule has 33 heavy (non-hydrogen) atoms. The molecule has 9 nitrogen and oxygen atoms in total. The fraction of sp³-hybridized carbons (Fsp3) is 0.0870. The molecule has 5 rings (SSSR count). The lowest BCUT2D eigenvalue weighted by Crippen LogP contribution is -2.13. The number of aromatic nitrogens is 6. The van der Waals surface area contributed by atoms with Crippen molar-refractivity contribution in [1.29, 1.82) is 0 Å². The van der Waals surface area contributed by atoms with E-state index in [0.717, 1.165) is 5.69 Å². The molecule has 0 atom stereocenters. The SMILES string of the molecule is Cc1ccc(-c2nn(-c3ccccc3)cc2C(=O)Nc2ccc(F)c(-n3nnnc3C)c2)o1. The number of carbonyl (C=O) groups is 1. The van der Waals surface area contributed by atoms with E-state index < -0.39 is 11.7 Å². The van der Waals surface area contributed by atoms with Crippen LogP contribution in [-0.4, -0.2) is 35.9 Å². The molecule has 0 bridgehead atoms. The van der Waals surface area contributed by atoms with Crippen LogP contribution in [0.5, 0.6) is 0 Å². The Morgan fingerprint density at radius 1 is 1.06 bits per heavy atom. The van der Waals surface area contributed by atoms with Crippen molar-refractivity contribution in [3.05, 3.63) is 89.8 Å². The zero-order valence-electron chi connectivity index (χ0n) is 17.7. The minimum atomic E-state index is -0.521. The van der Waals surface area contributed by atoms with Crippen LogP contribution in [0, 0.1) is 19.7 Å². The van der Waals surface area contributed by atoms with Gasteiger partial charge in [0, 0.05) is 11.9 Å². The Morgan fingerprint density at radius 3 is 2.58 bits per heavy atom. The minimum absolute atomic E-state index is 0.122. The lowest BCUT2D eigenvalue weighted by atomic mass is 10.2. The van der Waals surface area contributed by atoms with Crippen LogP contribution in [-0.2, 0) is 0 Å². The maximum absolute atomic E-state index is 14.4. The van der Waals surface area contributed by atoms with Crippen LogP contribution < -0.4 is 5.32 Å². The smallest absolute Gasteiger partial charge is 0.259 e. The van der Waals surface area contributed by atoms with Gasteiger partial charge in [0.2, 0.25) is 0 Å². The number of nitrogens with zero attached hydrogens (tertiary/aromatic N) is 6. The van der Waals surface area contributed by atoms with E-state index in [9.17, 15) is 9.18 Å². The van der Waals surface area contributed by atoms with Gasteiger partial charge in [-0.25, -0.2) is 9.07 Å². The molecule has 1 amide bonds. The van der Waals surface area contributed by atoms with Crippen molar-refractivity contribution < 1.29 is 13.6 Å². The van der Waals surface area contributed by atoms with Crippen molar-refractivity contribution in [2.75, 3.05) is 5.32 Å². The maximum Gasteiger partial charge on any atom is 0.259 e. The van der Waals surface area contributed by atoms with E-state index >= 15 is 0 Å². The van der Waals surface area contributed by atoms with E-state index in [1.54, 1.807) is 29.9 Å². The number of para-hydroxylation sites is 1. The third-order valence-electron chi connectivity index (χ3n) is 5.01. The summed E-state index contributed by atoms with van der Waals surface area (Å²) in [6.45, 7) is 3.47. The highest BCUT2D eigenvalue weighted by atomic mass is 19.1. The summed E-state index contributed by atoms with van der Waals surface area (Å²) in [6, 6.07) is 17.2. The van der Waals surface area contributed by atoms with Gasteiger partial charge in [-0.1, -0.05) is 18.2 Å². The highest BCUT2D eigenvalue weighted by Crippen LogP contribution is 2.27. The largest absolute Gasteiger partial charge is 0.460 e. The second-order valence-electron chi connectivity index (χ2n) is 7.34. The van der Waals surface area contributed by atoms with Gasteiger partial charge in [-0.15, -0.1) is 5.10 Å². The average molecular weight is 443 g/mol. The normalized spacial score (nSPS) is 11.0. The van der Waals surface area contributed by atoms with Crippen molar-refractivity contribution in [2.45, 2.75) is 13.8 Å². The van der Waals surface area contributed by atoms with Crippen molar-refractivity contribution in [3.63, 3.8) is 0 Å². The highest BCUT2D eigenvalue weighted by molar-refractivity contribution is 6.07. The molecule has 1 N–H and O–H groups in total. The first-order valence-electron chi connectivity index (χ1n) is 10.1. The van der Waals surface area contributed by atoms with E-state index in [-0.39, 0.29) is 5.69 Å². The molecule has 0 aliphatic carbocycles. The van der Waals surface area contributed by atoms with E-state index in [4.69, 9.17) is 4.42 Å². The van der Waals surface area contributed by atoms with Gasteiger partial charge in [0.15, 0.2) is 11.6 Å². The van der Waals surface area contributed by atoms with Crippen LogP contribution in [0.4, 0.5) is 10.1 Å². The van der Waals surface area contributed by atoms with Gasteiger partial charge >= 0.3 is 0 Å². The molecule has 10 heteroatoms. The van der Waals surface area contributed by atoms with E-state index in [0.29, 0.717) is 34.3 Å². The molecule has 0 aliphatic heterocycles. The number of aryl methyl sites for hydroxylation is 2. The zero-order valence-corrected chi connectivity index (χ0v) is 17.7. The van der Waals surface area contributed by atoms with Crippen LogP contribution in [0.15, 0.2) is 71.3 Å². The number of furan rings is 1. The van der Waals surface area contributed by atoms with Crippen molar-refractivity contribution in [1.82, 2.24) is 30.0 Å². The predicted octanol–water partition coefficient (Wildman–Crippen LogP) is 4.12. The van der Waals surface area contributed by atoms with Gasteiger partial charge in [-0.05, 0) is 66.7 Å². The summed E-state index contributed by atoms with van der Waals surface area (Å²) in [6.07, 6.45) is 1.63. The number of halogens is 1. The van der Waals surface area contributed by atoms with Crippen LogP contribution >= 0.6 is 0 Å². The summed E-state index contributed by atoms with van der Waals surface area (Å²) in [7, 11) is 0.